The average Bonchev–Trinajstić information content (AvgIpc) is 2.92. The van der Waals surface area contributed by atoms with Crippen LogP contribution in [0, 0.1) is 0 Å². The topological polar surface area (TPSA) is 41.4 Å². The van der Waals surface area contributed by atoms with Gasteiger partial charge in [-0.2, -0.15) is 5.10 Å². The molecule has 5 heteroatoms. The Morgan fingerprint density at radius 2 is 2.19 bits per heavy atom. The zero-order chi connectivity index (χ0) is 15.6. The van der Waals surface area contributed by atoms with Gasteiger partial charge >= 0.3 is 0 Å². The number of hydrogen-bond donors (Lipinski definition) is 0. The molecule has 0 saturated heterocycles. The van der Waals surface area contributed by atoms with Gasteiger partial charge in [0.15, 0.2) is 0 Å². The third-order valence-corrected chi connectivity index (χ3v) is 3.80. The van der Waals surface area contributed by atoms with Gasteiger partial charge in [-0.1, -0.05) is 12.7 Å². The maximum atomic E-state index is 11.3. The predicted molar refractivity (Wildman–Crippen MR) is 85.7 cm³/mol. The van der Waals surface area contributed by atoms with E-state index in [9.17, 15) is 4.79 Å². The van der Waals surface area contributed by atoms with Gasteiger partial charge in [-0.15, -0.1) is 6.58 Å². The Morgan fingerprint density at radius 1 is 1.48 bits per heavy atom. The number of aromatic nitrogens is 2. The zero-order valence-electron chi connectivity index (χ0n) is 12.9. The van der Waals surface area contributed by atoms with Crippen LogP contribution >= 0.6 is 0 Å². The molecule has 5 nitrogen and oxygen atoms in total. The summed E-state index contributed by atoms with van der Waals surface area (Å²) >= 11 is 0. The largest absolute Gasteiger partial charge is 0.338 e. The van der Waals surface area contributed by atoms with Crippen LogP contribution in [0.3, 0.4) is 0 Å². The summed E-state index contributed by atoms with van der Waals surface area (Å²) in [4.78, 5) is 15.1. The number of fused-ring (bicyclic) bond motifs is 1. The number of carbonyl (C=O) groups excluding carboxylic acids is 1. The number of carbonyl (C=O) groups is 1. The number of allylic oxidation sites excluding steroid dienone is 1. The van der Waals surface area contributed by atoms with Gasteiger partial charge in [0, 0.05) is 36.5 Å². The van der Waals surface area contributed by atoms with Crippen LogP contribution in [-0.4, -0.2) is 40.2 Å². The first-order chi connectivity index (χ1) is 10.0. The highest BCUT2D eigenvalue weighted by Gasteiger charge is 2.26. The molecule has 2 rings (SSSR count). The Labute approximate surface area is 125 Å². The van der Waals surface area contributed by atoms with Crippen molar-refractivity contribution < 1.29 is 4.79 Å². The van der Waals surface area contributed by atoms with Crippen molar-refractivity contribution in [1.82, 2.24) is 14.7 Å². The second kappa shape index (κ2) is 5.99. The molecule has 1 aliphatic heterocycles. The Hall–Kier alpha value is -2.30. The molecule has 0 N–H and O–H groups in total. The van der Waals surface area contributed by atoms with Gasteiger partial charge in [0.05, 0.1) is 11.9 Å². The first-order valence-corrected chi connectivity index (χ1v) is 7.04. The molecule has 1 aromatic rings. The van der Waals surface area contributed by atoms with E-state index in [0.29, 0.717) is 13.1 Å². The first-order valence-electron chi connectivity index (χ1n) is 7.04. The smallest absolute Gasteiger partial charge is 0.210 e. The van der Waals surface area contributed by atoms with Gasteiger partial charge in [-0.3, -0.25) is 4.79 Å². The van der Waals surface area contributed by atoms with E-state index < -0.39 is 0 Å². The molecule has 0 unspecified atom stereocenters. The van der Waals surface area contributed by atoms with E-state index in [4.69, 9.17) is 0 Å². The predicted octanol–water partition coefficient (Wildman–Crippen LogP) is 2.50. The molecule has 1 amide bonds. The molecule has 0 spiro atoms. The third kappa shape index (κ3) is 2.63. The highest BCUT2D eigenvalue weighted by Crippen LogP contribution is 2.33. The van der Waals surface area contributed by atoms with E-state index in [-0.39, 0.29) is 6.04 Å². The van der Waals surface area contributed by atoms with Crippen LogP contribution in [-0.2, 0) is 4.79 Å². The number of anilines is 1. The molecule has 0 aliphatic carbocycles. The molecule has 0 saturated carbocycles. The SMILES string of the molecule is C=CCN1C(C)=C(CN(C=O)C(C)C)C(=C)n2nccc21. The second-order valence-electron chi connectivity index (χ2n) is 5.38. The Balaban J connectivity index is 2.42. The van der Waals surface area contributed by atoms with Crippen LogP contribution < -0.4 is 4.90 Å². The van der Waals surface area contributed by atoms with Crippen molar-refractivity contribution in [2.75, 3.05) is 18.0 Å². The summed E-state index contributed by atoms with van der Waals surface area (Å²) in [5, 5.41) is 4.33. The average molecular weight is 286 g/mol. The Kier molecular flexibility index (Phi) is 4.31. The van der Waals surface area contributed by atoms with Crippen molar-refractivity contribution in [3.05, 3.63) is 42.8 Å². The number of amides is 1. The standard InChI is InChI=1S/C16H22N4O/c1-6-9-19-13(4)15(10-18(11-21)12(2)3)14(5)20-16(19)7-8-17-20/h6-8,11-12H,1,5,9-10H2,2-4H3. The zero-order valence-corrected chi connectivity index (χ0v) is 12.9. The maximum Gasteiger partial charge on any atom is 0.210 e. The van der Waals surface area contributed by atoms with Gasteiger partial charge in [0.1, 0.15) is 5.82 Å². The molecular weight excluding hydrogens is 264 g/mol. The van der Waals surface area contributed by atoms with E-state index >= 15 is 0 Å². The number of hydrogen-bond acceptors (Lipinski definition) is 3. The maximum absolute atomic E-state index is 11.3. The fraction of sp³-hybridized carbons (Fsp3) is 0.375. The highest BCUT2D eigenvalue weighted by atomic mass is 16.1. The molecular formula is C16H22N4O. The van der Waals surface area contributed by atoms with Gasteiger partial charge < -0.3 is 9.80 Å². The van der Waals surface area contributed by atoms with Gasteiger partial charge in [-0.05, 0) is 20.8 Å². The minimum atomic E-state index is 0.141. The van der Waals surface area contributed by atoms with E-state index in [1.165, 1.54) is 0 Å². The van der Waals surface area contributed by atoms with Crippen LogP contribution in [0.4, 0.5) is 5.82 Å². The van der Waals surface area contributed by atoms with E-state index in [0.717, 1.165) is 29.2 Å². The molecule has 2 heterocycles. The summed E-state index contributed by atoms with van der Waals surface area (Å²) in [7, 11) is 0. The van der Waals surface area contributed by atoms with Crippen LogP contribution in [0.5, 0.6) is 0 Å². The summed E-state index contributed by atoms with van der Waals surface area (Å²) in [5.41, 5.74) is 2.93. The van der Waals surface area contributed by atoms with E-state index in [1.54, 1.807) is 11.1 Å². The van der Waals surface area contributed by atoms with Crippen molar-refractivity contribution >= 4 is 17.9 Å². The molecule has 0 aromatic carbocycles. The lowest BCUT2D eigenvalue weighted by Gasteiger charge is -2.35. The normalized spacial score (nSPS) is 14.5. The van der Waals surface area contributed by atoms with Gasteiger partial charge in [0.25, 0.3) is 0 Å². The fourth-order valence-corrected chi connectivity index (χ4v) is 2.47. The van der Waals surface area contributed by atoms with Crippen molar-refractivity contribution in [2.45, 2.75) is 26.8 Å². The third-order valence-electron chi connectivity index (χ3n) is 3.80. The van der Waals surface area contributed by atoms with E-state index in [2.05, 4.69) is 23.2 Å². The summed E-state index contributed by atoms with van der Waals surface area (Å²) in [5.74, 6) is 0.975. The summed E-state index contributed by atoms with van der Waals surface area (Å²) < 4.78 is 1.81. The lowest BCUT2D eigenvalue weighted by Crippen LogP contribution is -2.36. The molecule has 21 heavy (non-hydrogen) atoms. The van der Waals surface area contributed by atoms with Crippen molar-refractivity contribution in [3.8, 4) is 0 Å². The van der Waals surface area contributed by atoms with E-state index in [1.807, 2.05) is 37.6 Å². The van der Waals surface area contributed by atoms with Gasteiger partial charge in [-0.25, -0.2) is 4.68 Å². The monoisotopic (exact) mass is 286 g/mol. The molecule has 0 bridgehead atoms. The first kappa shape index (κ1) is 15.1. The van der Waals surface area contributed by atoms with Crippen LogP contribution in [0.25, 0.3) is 5.70 Å². The van der Waals surface area contributed by atoms with Crippen LogP contribution in [0.1, 0.15) is 20.8 Å². The van der Waals surface area contributed by atoms with Crippen LogP contribution in [0.15, 0.2) is 42.8 Å². The van der Waals surface area contributed by atoms with Gasteiger partial charge in [0.2, 0.25) is 6.41 Å². The molecule has 1 aromatic heterocycles. The van der Waals surface area contributed by atoms with Crippen molar-refractivity contribution in [3.63, 3.8) is 0 Å². The summed E-state index contributed by atoms with van der Waals surface area (Å²) in [6.45, 7) is 15.2. The molecule has 0 radical (unpaired) electrons. The quantitative estimate of drug-likeness (QED) is 0.596. The molecule has 0 atom stereocenters. The Bertz CT molecular complexity index is 597. The fourth-order valence-electron chi connectivity index (χ4n) is 2.47. The molecule has 1 aliphatic rings. The van der Waals surface area contributed by atoms with Crippen molar-refractivity contribution in [1.29, 1.82) is 0 Å². The lowest BCUT2D eigenvalue weighted by molar-refractivity contribution is -0.119. The Morgan fingerprint density at radius 3 is 2.76 bits per heavy atom. The van der Waals surface area contributed by atoms with Crippen LogP contribution in [0.2, 0.25) is 0 Å². The molecule has 0 fully saturated rings. The van der Waals surface area contributed by atoms with Crippen molar-refractivity contribution in [2.24, 2.45) is 0 Å². The summed E-state index contributed by atoms with van der Waals surface area (Å²) in [6.07, 6.45) is 4.49. The summed E-state index contributed by atoms with van der Waals surface area (Å²) in [6, 6.07) is 2.09. The number of nitrogens with zero attached hydrogens (tertiary/aromatic N) is 4. The molecule has 112 valence electrons. The number of rotatable bonds is 6. The lowest BCUT2D eigenvalue weighted by atomic mass is 10.1. The second-order valence-corrected chi connectivity index (χ2v) is 5.38. The highest BCUT2D eigenvalue weighted by molar-refractivity contribution is 5.74. The minimum Gasteiger partial charge on any atom is -0.338 e. The minimum absolute atomic E-state index is 0.141.